The van der Waals surface area contributed by atoms with Crippen molar-refractivity contribution in [1.82, 2.24) is 10.2 Å². The van der Waals surface area contributed by atoms with E-state index in [4.69, 9.17) is 0 Å². The summed E-state index contributed by atoms with van der Waals surface area (Å²) in [5, 5.41) is 10.9. The number of halogens is 3. The number of nitrogens with zero attached hydrogens (tertiary/aromatic N) is 2. The Morgan fingerprint density at radius 3 is 2.52 bits per heavy atom. The van der Waals surface area contributed by atoms with Gasteiger partial charge in [0, 0.05) is 6.54 Å². The van der Waals surface area contributed by atoms with E-state index in [0.717, 1.165) is 16.3 Å². The van der Waals surface area contributed by atoms with Crippen molar-refractivity contribution in [2.75, 3.05) is 5.32 Å². The highest BCUT2D eigenvalue weighted by Gasteiger charge is 2.35. The normalized spacial score (nSPS) is 11.8. The predicted molar refractivity (Wildman–Crippen MR) is 76.2 cm³/mol. The molecule has 0 amide bonds. The minimum atomic E-state index is -4.45. The van der Waals surface area contributed by atoms with Crippen LogP contribution in [0.4, 0.5) is 18.3 Å². The number of alkyl halides is 3. The van der Waals surface area contributed by atoms with Crippen molar-refractivity contribution in [1.29, 1.82) is 0 Å². The van der Waals surface area contributed by atoms with E-state index in [1.807, 2.05) is 42.5 Å². The standard InChI is InChI=1S/C14H10F3N3S/c15-14(16,17)12-19-20-13(21-12)18-8-10-6-3-5-9-4-1-2-7-11(9)10/h1-7H,8H2,(H,18,20). The summed E-state index contributed by atoms with van der Waals surface area (Å²) in [6.45, 7) is 0.397. The number of hydrogen-bond acceptors (Lipinski definition) is 4. The molecule has 0 atom stereocenters. The number of nitrogens with one attached hydrogen (secondary N) is 1. The largest absolute Gasteiger partial charge is 0.445 e. The molecule has 1 heterocycles. The Hall–Kier alpha value is -2.15. The third kappa shape index (κ3) is 2.97. The van der Waals surface area contributed by atoms with Gasteiger partial charge in [-0.15, -0.1) is 10.2 Å². The molecule has 0 aliphatic carbocycles. The average molecular weight is 309 g/mol. The van der Waals surface area contributed by atoms with Crippen LogP contribution in [-0.4, -0.2) is 10.2 Å². The second-order valence-corrected chi connectivity index (χ2v) is 5.38. The van der Waals surface area contributed by atoms with Crippen molar-refractivity contribution in [2.45, 2.75) is 12.7 Å². The van der Waals surface area contributed by atoms with Gasteiger partial charge >= 0.3 is 6.18 Å². The molecule has 0 radical (unpaired) electrons. The van der Waals surface area contributed by atoms with Crippen molar-refractivity contribution < 1.29 is 13.2 Å². The summed E-state index contributed by atoms with van der Waals surface area (Å²) in [5.41, 5.74) is 0.997. The van der Waals surface area contributed by atoms with Crippen molar-refractivity contribution in [3.05, 3.63) is 53.0 Å². The van der Waals surface area contributed by atoms with Gasteiger partial charge in [-0.3, -0.25) is 0 Å². The number of rotatable bonds is 3. The summed E-state index contributed by atoms with van der Waals surface area (Å²) in [6, 6.07) is 13.7. The lowest BCUT2D eigenvalue weighted by Crippen LogP contribution is -2.03. The van der Waals surface area contributed by atoms with Gasteiger partial charge in [0.15, 0.2) is 0 Å². The molecule has 3 rings (SSSR count). The molecule has 0 unspecified atom stereocenters. The van der Waals surface area contributed by atoms with Gasteiger partial charge in [0.05, 0.1) is 0 Å². The first-order valence-corrected chi connectivity index (χ1v) is 6.97. The van der Waals surface area contributed by atoms with Gasteiger partial charge in [-0.05, 0) is 16.3 Å². The molecule has 0 aliphatic rings. The smallest absolute Gasteiger partial charge is 0.356 e. The highest BCUT2D eigenvalue weighted by atomic mass is 32.1. The summed E-state index contributed by atoms with van der Waals surface area (Å²) < 4.78 is 37.4. The SMILES string of the molecule is FC(F)(F)c1nnc(NCc2cccc3ccccc23)s1. The molecular formula is C14H10F3N3S. The van der Waals surface area contributed by atoms with Gasteiger partial charge in [-0.1, -0.05) is 53.8 Å². The molecule has 108 valence electrons. The fraction of sp³-hybridized carbons (Fsp3) is 0.143. The van der Waals surface area contributed by atoms with E-state index in [1.165, 1.54) is 0 Å². The third-order valence-electron chi connectivity index (χ3n) is 2.98. The van der Waals surface area contributed by atoms with Crippen LogP contribution in [0.25, 0.3) is 10.8 Å². The Balaban J connectivity index is 1.79. The van der Waals surface area contributed by atoms with Crippen LogP contribution in [0, 0.1) is 0 Å². The Kier molecular flexibility index (Phi) is 3.50. The molecular weight excluding hydrogens is 299 g/mol. The van der Waals surface area contributed by atoms with Crippen molar-refractivity contribution in [2.24, 2.45) is 0 Å². The van der Waals surface area contributed by atoms with Crippen LogP contribution < -0.4 is 5.32 Å². The summed E-state index contributed by atoms with van der Waals surface area (Å²) >= 11 is 0.506. The lowest BCUT2D eigenvalue weighted by Gasteiger charge is -2.06. The molecule has 0 saturated heterocycles. The van der Waals surface area contributed by atoms with Gasteiger partial charge in [0.25, 0.3) is 0 Å². The first kappa shape index (κ1) is 13.8. The van der Waals surface area contributed by atoms with Crippen molar-refractivity contribution in [3.8, 4) is 0 Å². The molecule has 1 aromatic heterocycles. The molecule has 7 heteroatoms. The zero-order chi connectivity index (χ0) is 14.9. The minimum absolute atomic E-state index is 0.162. The van der Waals surface area contributed by atoms with Gasteiger partial charge in [-0.25, -0.2) is 0 Å². The topological polar surface area (TPSA) is 37.8 Å². The molecule has 0 spiro atoms. The molecule has 21 heavy (non-hydrogen) atoms. The van der Waals surface area contributed by atoms with E-state index < -0.39 is 11.2 Å². The van der Waals surface area contributed by atoms with E-state index in [9.17, 15) is 13.2 Å². The summed E-state index contributed by atoms with van der Waals surface area (Å²) in [7, 11) is 0. The monoisotopic (exact) mass is 309 g/mol. The van der Waals surface area contributed by atoms with Gasteiger partial charge in [-0.2, -0.15) is 13.2 Å². The van der Waals surface area contributed by atoms with Crippen LogP contribution in [-0.2, 0) is 12.7 Å². The van der Waals surface area contributed by atoms with Crippen LogP contribution in [0.15, 0.2) is 42.5 Å². The quantitative estimate of drug-likeness (QED) is 0.783. The van der Waals surface area contributed by atoms with Crippen molar-refractivity contribution >= 4 is 27.2 Å². The molecule has 3 nitrogen and oxygen atoms in total. The molecule has 0 aliphatic heterocycles. The summed E-state index contributed by atoms with van der Waals surface area (Å²) in [5.74, 6) is 0. The number of benzene rings is 2. The minimum Gasteiger partial charge on any atom is -0.356 e. The van der Waals surface area contributed by atoms with Crippen LogP contribution in [0.1, 0.15) is 10.6 Å². The molecule has 1 N–H and O–H groups in total. The first-order valence-electron chi connectivity index (χ1n) is 6.15. The lowest BCUT2D eigenvalue weighted by atomic mass is 10.0. The predicted octanol–water partition coefficient (Wildman–Crippen LogP) is 4.32. The Labute approximate surface area is 122 Å². The molecule has 3 aromatic rings. The second kappa shape index (κ2) is 5.33. The summed E-state index contributed by atoms with van der Waals surface area (Å²) in [4.78, 5) is 0. The Morgan fingerprint density at radius 2 is 1.76 bits per heavy atom. The van der Waals surface area contributed by atoms with Crippen molar-refractivity contribution in [3.63, 3.8) is 0 Å². The number of hydrogen-bond donors (Lipinski definition) is 1. The number of anilines is 1. The maximum absolute atomic E-state index is 12.5. The fourth-order valence-electron chi connectivity index (χ4n) is 2.03. The Morgan fingerprint density at radius 1 is 1.00 bits per heavy atom. The second-order valence-electron chi connectivity index (χ2n) is 4.40. The zero-order valence-corrected chi connectivity index (χ0v) is 11.5. The van der Waals surface area contributed by atoms with Crippen LogP contribution >= 0.6 is 11.3 Å². The molecule has 0 saturated carbocycles. The van der Waals surface area contributed by atoms with Gasteiger partial charge < -0.3 is 5.32 Å². The molecule has 0 fully saturated rings. The van der Waals surface area contributed by atoms with E-state index in [0.29, 0.717) is 17.9 Å². The number of fused-ring (bicyclic) bond motifs is 1. The molecule has 0 bridgehead atoms. The van der Waals surface area contributed by atoms with Crippen LogP contribution in [0.3, 0.4) is 0 Å². The highest BCUT2D eigenvalue weighted by Crippen LogP contribution is 2.33. The summed E-state index contributed by atoms with van der Waals surface area (Å²) in [6.07, 6.45) is -4.45. The lowest BCUT2D eigenvalue weighted by molar-refractivity contribution is -0.138. The maximum Gasteiger partial charge on any atom is 0.445 e. The van der Waals surface area contributed by atoms with Crippen LogP contribution in [0.2, 0.25) is 0 Å². The highest BCUT2D eigenvalue weighted by molar-refractivity contribution is 7.15. The van der Waals surface area contributed by atoms with Gasteiger partial charge in [0.1, 0.15) is 0 Å². The number of aromatic nitrogens is 2. The van der Waals surface area contributed by atoms with E-state index in [2.05, 4.69) is 15.5 Å². The fourth-order valence-corrected chi connectivity index (χ4v) is 2.63. The van der Waals surface area contributed by atoms with E-state index in [1.54, 1.807) is 0 Å². The third-order valence-corrected chi connectivity index (χ3v) is 3.90. The maximum atomic E-state index is 12.5. The van der Waals surface area contributed by atoms with Crippen LogP contribution in [0.5, 0.6) is 0 Å². The average Bonchev–Trinajstić information content (AvgIpc) is 2.94. The van der Waals surface area contributed by atoms with Gasteiger partial charge in [0.2, 0.25) is 10.1 Å². The molecule has 2 aromatic carbocycles. The van der Waals surface area contributed by atoms with E-state index >= 15 is 0 Å². The zero-order valence-electron chi connectivity index (χ0n) is 10.7. The first-order chi connectivity index (χ1) is 10.0. The Bertz CT molecular complexity index is 762. The van der Waals surface area contributed by atoms with E-state index in [-0.39, 0.29) is 5.13 Å².